The lowest BCUT2D eigenvalue weighted by molar-refractivity contribution is 0.0620. The number of aromatic amines is 1. The lowest BCUT2D eigenvalue weighted by Gasteiger charge is -2.37. The van der Waals surface area contributed by atoms with Gasteiger partial charge in [-0.2, -0.15) is 5.21 Å². The highest BCUT2D eigenvalue weighted by Crippen LogP contribution is 2.17. The Balaban J connectivity index is 1.89. The Morgan fingerprint density at radius 2 is 2.06 bits per heavy atom. The van der Waals surface area contributed by atoms with Crippen molar-refractivity contribution in [1.82, 2.24) is 30.4 Å². The second kappa shape index (κ2) is 5.90. The van der Waals surface area contributed by atoms with Gasteiger partial charge < -0.3 is 9.80 Å². The van der Waals surface area contributed by atoms with Crippen LogP contribution < -0.4 is 0 Å². The first-order valence-electron chi connectivity index (χ1n) is 6.53. The van der Waals surface area contributed by atoms with Crippen LogP contribution in [0.5, 0.6) is 0 Å². The van der Waals surface area contributed by atoms with Crippen molar-refractivity contribution in [3.63, 3.8) is 0 Å². The predicted octanol–water partition coefficient (Wildman–Crippen LogP) is 0.146. The fourth-order valence-electron chi connectivity index (χ4n) is 2.57. The van der Waals surface area contributed by atoms with Gasteiger partial charge in [0, 0.05) is 19.1 Å². The molecule has 2 rings (SSSR count). The van der Waals surface area contributed by atoms with Gasteiger partial charge >= 0.3 is 0 Å². The van der Waals surface area contributed by atoms with Crippen molar-refractivity contribution in [2.75, 3.05) is 26.2 Å². The Labute approximate surface area is 107 Å². The van der Waals surface area contributed by atoms with Crippen molar-refractivity contribution in [3.05, 3.63) is 5.82 Å². The second-order valence-corrected chi connectivity index (χ2v) is 4.48. The monoisotopic (exact) mass is 252 g/mol. The molecule has 1 aliphatic rings. The number of piperidine rings is 1. The molecule has 7 heteroatoms. The summed E-state index contributed by atoms with van der Waals surface area (Å²) in [5.41, 5.74) is 0. The zero-order valence-electron chi connectivity index (χ0n) is 11.0. The van der Waals surface area contributed by atoms with Crippen molar-refractivity contribution in [1.29, 1.82) is 0 Å². The summed E-state index contributed by atoms with van der Waals surface area (Å²) in [7, 11) is 0. The van der Waals surface area contributed by atoms with Crippen molar-refractivity contribution >= 4 is 5.91 Å². The average molecular weight is 252 g/mol. The maximum absolute atomic E-state index is 12.0. The highest BCUT2D eigenvalue weighted by molar-refractivity contribution is 5.90. The number of H-pyrrole nitrogens is 1. The molecule has 0 atom stereocenters. The average Bonchev–Trinajstić information content (AvgIpc) is 2.94. The van der Waals surface area contributed by atoms with Gasteiger partial charge in [-0.1, -0.05) is 13.8 Å². The third-order valence-corrected chi connectivity index (χ3v) is 3.62. The van der Waals surface area contributed by atoms with Crippen LogP contribution in [0.25, 0.3) is 0 Å². The summed E-state index contributed by atoms with van der Waals surface area (Å²) in [6.07, 6.45) is 2.04. The van der Waals surface area contributed by atoms with E-state index in [0.29, 0.717) is 6.04 Å². The Morgan fingerprint density at radius 1 is 1.39 bits per heavy atom. The minimum Gasteiger partial charge on any atom is -0.336 e. The molecule has 1 fully saturated rings. The number of aromatic nitrogens is 4. The molecular formula is C11H20N6O. The fraction of sp³-hybridized carbons (Fsp3) is 0.818. The Kier molecular flexibility index (Phi) is 4.24. The van der Waals surface area contributed by atoms with E-state index < -0.39 is 0 Å². The van der Waals surface area contributed by atoms with Crippen LogP contribution in [0.15, 0.2) is 0 Å². The van der Waals surface area contributed by atoms with E-state index in [1.54, 1.807) is 0 Å². The zero-order valence-corrected chi connectivity index (χ0v) is 11.0. The lowest BCUT2D eigenvalue weighted by atomic mass is 10.0. The number of amides is 1. The number of rotatable bonds is 4. The van der Waals surface area contributed by atoms with E-state index in [1.807, 2.05) is 4.90 Å². The first-order chi connectivity index (χ1) is 8.76. The van der Waals surface area contributed by atoms with Gasteiger partial charge in [0.25, 0.3) is 11.7 Å². The summed E-state index contributed by atoms with van der Waals surface area (Å²) < 4.78 is 0. The van der Waals surface area contributed by atoms with Crippen LogP contribution in [0.3, 0.4) is 0 Å². The molecule has 7 nitrogen and oxygen atoms in total. The highest BCUT2D eigenvalue weighted by Gasteiger charge is 2.27. The molecule has 18 heavy (non-hydrogen) atoms. The largest absolute Gasteiger partial charge is 0.336 e. The van der Waals surface area contributed by atoms with Crippen LogP contribution in [0.4, 0.5) is 0 Å². The van der Waals surface area contributed by atoms with Crippen molar-refractivity contribution in [2.45, 2.75) is 32.7 Å². The third-order valence-electron chi connectivity index (χ3n) is 3.62. The van der Waals surface area contributed by atoms with E-state index in [9.17, 15) is 4.79 Å². The van der Waals surface area contributed by atoms with Crippen LogP contribution in [-0.4, -0.2) is 68.6 Å². The molecule has 0 spiro atoms. The molecule has 1 saturated heterocycles. The number of nitrogens with zero attached hydrogens (tertiary/aromatic N) is 5. The zero-order chi connectivity index (χ0) is 13.0. The first kappa shape index (κ1) is 12.9. The van der Waals surface area contributed by atoms with E-state index in [4.69, 9.17) is 0 Å². The fourth-order valence-corrected chi connectivity index (χ4v) is 2.57. The van der Waals surface area contributed by atoms with E-state index in [1.165, 1.54) is 0 Å². The number of carbonyl (C=O) groups excluding carboxylic acids is 1. The summed E-state index contributed by atoms with van der Waals surface area (Å²) in [5.74, 6) is 0.0398. The number of carbonyl (C=O) groups is 1. The topological polar surface area (TPSA) is 78.0 Å². The second-order valence-electron chi connectivity index (χ2n) is 4.48. The molecule has 1 N–H and O–H groups in total. The molecule has 2 heterocycles. The molecule has 1 aromatic heterocycles. The van der Waals surface area contributed by atoms with Gasteiger partial charge in [-0.15, -0.1) is 10.2 Å². The van der Waals surface area contributed by atoms with Gasteiger partial charge in [-0.3, -0.25) is 4.79 Å². The molecule has 1 aromatic rings. The van der Waals surface area contributed by atoms with Crippen LogP contribution >= 0.6 is 0 Å². The van der Waals surface area contributed by atoms with Crippen LogP contribution in [-0.2, 0) is 0 Å². The molecule has 0 aliphatic carbocycles. The quantitative estimate of drug-likeness (QED) is 0.825. The first-order valence-corrected chi connectivity index (χ1v) is 6.53. The standard InChI is InChI=1S/C11H20N6O/c1-3-16(4-2)9-5-7-17(8-6-9)11(18)10-12-14-15-13-10/h9H,3-8H2,1-2H3,(H,12,13,14,15). The number of tetrazole rings is 1. The van der Waals surface area contributed by atoms with E-state index in [2.05, 4.69) is 39.4 Å². The summed E-state index contributed by atoms with van der Waals surface area (Å²) in [6, 6.07) is 0.592. The van der Waals surface area contributed by atoms with Crippen molar-refractivity contribution in [2.24, 2.45) is 0 Å². The molecule has 0 radical (unpaired) electrons. The number of nitrogens with one attached hydrogen (secondary N) is 1. The third kappa shape index (κ3) is 2.66. The minimum atomic E-state index is -0.123. The lowest BCUT2D eigenvalue weighted by Crippen LogP contribution is -2.46. The molecule has 0 bridgehead atoms. The molecule has 0 aromatic carbocycles. The highest BCUT2D eigenvalue weighted by atomic mass is 16.2. The Hall–Kier alpha value is -1.50. The van der Waals surface area contributed by atoms with Gasteiger partial charge in [-0.05, 0) is 31.1 Å². The smallest absolute Gasteiger partial charge is 0.295 e. The van der Waals surface area contributed by atoms with Gasteiger partial charge in [0.15, 0.2) is 0 Å². The maximum atomic E-state index is 12.0. The SMILES string of the molecule is CCN(CC)C1CCN(C(=O)c2nn[nH]n2)CC1. The molecule has 1 amide bonds. The van der Waals surface area contributed by atoms with E-state index in [0.717, 1.165) is 39.0 Å². The van der Waals surface area contributed by atoms with Crippen LogP contribution in [0.1, 0.15) is 37.3 Å². The Morgan fingerprint density at radius 3 is 2.56 bits per heavy atom. The molecule has 0 unspecified atom stereocenters. The van der Waals surface area contributed by atoms with Gasteiger partial charge in [0.2, 0.25) is 0 Å². The van der Waals surface area contributed by atoms with Crippen molar-refractivity contribution in [3.8, 4) is 0 Å². The summed E-state index contributed by atoms with van der Waals surface area (Å²) in [4.78, 5) is 16.3. The number of likely N-dealkylation sites (tertiary alicyclic amines) is 1. The minimum absolute atomic E-state index is 0.123. The molecule has 1 aliphatic heterocycles. The molecular weight excluding hydrogens is 232 g/mol. The van der Waals surface area contributed by atoms with E-state index in [-0.39, 0.29) is 11.7 Å². The molecule has 100 valence electrons. The van der Waals surface area contributed by atoms with Crippen molar-refractivity contribution < 1.29 is 4.79 Å². The predicted molar refractivity (Wildman–Crippen MR) is 66.0 cm³/mol. The van der Waals surface area contributed by atoms with Crippen LogP contribution in [0.2, 0.25) is 0 Å². The maximum Gasteiger partial charge on any atom is 0.295 e. The van der Waals surface area contributed by atoms with E-state index >= 15 is 0 Å². The van der Waals surface area contributed by atoms with Gasteiger partial charge in [0.05, 0.1) is 0 Å². The normalized spacial score (nSPS) is 17.4. The Bertz CT molecular complexity index is 367. The molecule has 0 saturated carbocycles. The summed E-state index contributed by atoms with van der Waals surface area (Å²) in [5, 5.41) is 13.2. The number of hydrogen-bond donors (Lipinski definition) is 1. The van der Waals surface area contributed by atoms with Crippen LogP contribution in [0, 0.1) is 0 Å². The summed E-state index contributed by atoms with van der Waals surface area (Å²) in [6.45, 7) is 8.05. The van der Waals surface area contributed by atoms with Gasteiger partial charge in [-0.25, -0.2) is 0 Å². The number of hydrogen-bond acceptors (Lipinski definition) is 5. The summed E-state index contributed by atoms with van der Waals surface area (Å²) >= 11 is 0. The van der Waals surface area contributed by atoms with Gasteiger partial charge in [0.1, 0.15) is 0 Å².